The molecule has 1 fully saturated rings. The van der Waals surface area contributed by atoms with Crippen LogP contribution in [0.25, 0.3) is 21.6 Å². The van der Waals surface area contributed by atoms with Crippen LogP contribution in [-0.2, 0) is 0 Å². The van der Waals surface area contributed by atoms with Crippen molar-refractivity contribution in [1.29, 1.82) is 0 Å². The first-order chi connectivity index (χ1) is 14.3. The molecule has 0 atom stereocenters. The van der Waals surface area contributed by atoms with E-state index in [9.17, 15) is 0 Å². The number of hydrogen-bond acceptors (Lipinski definition) is 9. The van der Waals surface area contributed by atoms with Gasteiger partial charge in [0.15, 0.2) is 5.13 Å². The minimum atomic E-state index is 0.804. The summed E-state index contributed by atoms with van der Waals surface area (Å²) in [7, 11) is 0. The van der Waals surface area contributed by atoms with E-state index < -0.39 is 0 Å². The first kappa shape index (κ1) is 18.2. The van der Waals surface area contributed by atoms with Crippen LogP contribution in [0.15, 0.2) is 54.6 Å². The van der Waals surface area contributed by atoms with Crippen molar-refractivity contribution in [2.45, 2.75) is 0 Å². The highest BCUT2D eigenvalue weighted by Crippen LogP contribution is 2.32. The predicted molar refractivity (Wildman–Crippen MR) is 119 cm³/mol. The lowest BCUT2D eigenvalue weighted by Gasteiger charge is -2.29. The molecular formula is C20H19N7S2. The van der Waals surface area contributed by atoms with E-state index in [1.807, 2.05) is 36.4 Å². The Morgan fingerprint density at radius 2 is 1.86 bits per heavy atom. The van der Waals surface area contributed by atoms with Crippen LogP contribution in [0.3, 0.4) is 0 Å². The SMILES string of the molecule is c1cc(N2CCNCC2)cc(Nc2ncc(-c3cncc(-c4cnsc4)c3)s2)n1. The minimum absolute atomic E-state index is 0.804. The molecule has 0 aromatic carbocycles. The summed E-state index contributed by atoms with van der Waals surface area (Å²) in [6.45, 7) is 4.03. The zero-order valence-corrected chi connectivity index (χ0v) is 17.2. The molecule has 0 bridgehead atoms. The van der Waals surface area contributed by atoms with Crippen molar-refractivity contribution in [3.05, 3.63) is 54.6 Å². The van der Waals surface area contributed by atoms with Gasteiger partial charge in [0.25, 0.3) is 0 Å². The number of thiazole rings is 1. The summed E-state index contributed by atoms with van der Waals surface area (Å²) in [6.07, 6.45) is 9.31. The summed E-state index contributed by atoms with van der Waals surface area (Å²) in [5, 5.41) is 9.56. The van der Waals surface area contributed by atoms with Gasteiger partial charge in [-0.3, -0.25) is 4.98 Å². The fourth-order valence-corrected chi connectivity index (χ4v) is 4.61. The summed E-state index contributed by atoms with van der Waals surface area (Å²) in [6, 6.07) is 6.26. The molecule has 5 heterocycles. The molecule has 0 aliphatic carbocycles. The fraction of sp³-hybridized carbons (Fsp3) is 0.200. The van der Waals surface area contributed by atoms with Crippen molar-refractivity contribution in [2.75, 3.05) is 36.4 Å². The number of nitrogens with one attached hydrogen (secondary N) is 2. The Bertz CT molecular complexity index is 1090. The second kappa shape index (κ2) is 8.24. The van der Waals surface area contributed by atoms with Crippen LogP contribution in [0.2, 0.25) is 0 Å². The number of nitrogens with zero attached hydrogens (tertiary/aromatic N) is 5. The number of aromatic nitrogens is 4. The fourth-order valence-electron chi connectivity index (χ4n) is 3.26. The highest BCUT2D eigenvalue weighted by atomic mass is 32.1. The third kappa shape index (κ3) is 4.12. The Labute approximate surface area is 176 Å². The molecule has 0 spiro atoms. The third-order valence-corrected chi connectivity index (χ3v) is 6.30. The quantitative estimate of drug-likeness (QED) is 0.506. The van der Waals surface area contributed by atoms with E-state index in [2.05, 4.69) is 53.1 Å². The summed E-state index contributed by atoms with van der Waals surface area (Å²) in [5.74, 6) is 0.804. The molecule has 0 saturated carbocycles. The largest absolute Gasteiger partial charge is 0.369 e. The predicted octanol–water partition coefficient (Wildman–Crippen LogP) is 3.88. The van der Waals surface area contributed by atoms with Gasteiger partial charge in [0.05, 0.1) is 4.88 Å². The highest BCUT2D eigenvalue weighted by molar-refractivity contribution is 7.18. The van der Waals surface area contributed by atoms with Gasteiger partial charge < -0.3 is 15.5 Å². The maximum absolute atomic E-state index is 4.53. The lowest BCUT2D eigenvalue weighted by atomic mass is 10.1. The summed E-state index contributed by atoms with van der Waals surface area (Å²) in [5.41, 5.74) is 4.37. The van der Waals surface area contributed by atoms with Crippen LogP contribution >= 0.6 is 22.9 Å². The van der Waals surface area contributed by atoms with Crippen LogP contribution in [-0.4, -0.2) is 45.5 Å². The van der Waals surface area contributed by atoms with Crippen LogP contribution in [0, 0.1) is 0 Å². The average molecular weight is 422 g/mol. The molecule has 0 amide bonds. The van der Waals surface area contributed by atoms with Gasteiger partial charge in [-0.05, 0) is 23.7 Å². The zero-order valence-electron chi connectivity index (χ0n) is 15.6. The topological polar surface area (TPSA) is 78.9 Å². The molecule has 2 N–H and O–H groups in total. The first-order valence-electron chi connectivity index (χ1n) is 9.35. The molecule has 1 aliphatic rings. The molecule has 146 valence electrons. The number of piperazine rings is 1. The highest BCUT2D eigenvalue weighted by Gasteiger charge is 2.12. The Balaban J connectivity index is 1.34. The normalized spacial score (nSPS) is 14.1. The maximum atomic E-state index is 4.53. The maximum Gasteiger partial charge on any atom is 0.188 e. The molecule has 4 aromatic heterocycles. The number of hydrogen-bond donors (Lipinski definition) is 2. The van der Waals surface area contributed by atoms with E-state index in [0.717, 1.165) is 58.7 Å². The summed E-state index contributed by atoms with van der Waals surface area (Å²) in [4.78, 5) is 16.8. The van der Waals surface area contributed by atoms with E-state index in [-0.39, 0.29) is 0 Å². The zero-order chi connectivity index (χ0) is 19.5. The number of rotatable bonds is 5. The van der Waals surface area contributed by atoms with Crippen LogP contribution in [0.4, 0.5) is 16.6 Å². The van der Waals surface area contributed by atoms with Gasteiger partial charge in [-0.1, -0.05) is 11.3 Å². The van der Waals surface area contributed by atoms with Crippen molar-refractivity contribution < 1.29 is 0 Å². The van der Waals surface area contributed by atoms with Gasteiger partial charge in [0.1, 0.15) is 5.82 Å². The molecule has 5 rings (SSSR count). The van der Waals surface area contributed by atoms with Crippen molar-refractivity contribution in [3.63, 3.8) is 0 Å². The first-order valence-corrected chi connectivity index (χ1v) is 11.0. The smallest absolute Gasteiger partial charge is 0.188 e. The van der Waals surface area contributed by atoms with Gasteiger partial charge in [-0.25, -0.2) is 14.3 Å². The lowest BCUT2D eigenvalue weighted by molar-refractivity contribution is 0.589. The molecule has 9 heteroatoms. The second-order valence-corrected chi connectivity index (χ2v) is 8.35. The van der Waals surface area contributed by atoms with Gasteiger partial charge in [-0.15, -0.1) is 0 Å². The van der Waals surface area contributed by atoms with Gasteiger partial charge in [0, 0.05) is 91.0 Å². The van der Waals surface area contributed by atoms with Crippen LogP contribution in [0.1, 0.15) is 0 Å². The third-order valence-electron chi connectivity index (χ3n) is 4.75. The molecule has 4 aromatic rings. The van der Waals surface area contributed by atoms with Gasteiger partial charge in [-0.2, -0.15) is 0 Å². The Morgan fingerprint density at radius 1 is 0.966 bits per heavy atom. The van der Waals surface area contributed by atoms with Gasteiger partial charge in [0.2, 0.25) is 0 Å². The molecular weight excluding hydrogens is 402 g/mol. The molecule has 1 aliphatic heterocycles. The lowest BCUT2D eigenvalue weighted by Crippen LogP contribution is -2.43. The number of anilines is 3. The van der Waals surface area contributed by atoms with Crippen molar-refractivity contribution >= 4 is 39.5 Å². The van der Waals surface area contributed by atoms with E-state index >= 15 is 0 Å². The van der Waals surface area contributed by atoms with Gasteiger partial charge >= 0.3 is 0 Å². The summed E-state index contributed by atoms with van der Waals surface area (Å²) >= 11 is 3.03. The monoisotopic (exact) mass is 421 g/mol. The molecule has 0 unspecified atom stereocenters. The molecule has 0 radical (unpaired) electrons. The van der Waals surface area contributed by atoms with Crippen molar-refractivity contribution in [2.24, 2.45) is 0 Å². The Kier molecular flexibility index (Phi) is 5.16. The standard InChI is InChI=1S/C20H19N7S2/c1-2-23-19(8-17(1)27-5-3-21-4-6-27)26-20-24-12-18(29-20)15-7-14(9-22-10-15)16-11-25-28-13-16/h1-2,7-13,21H,3-6H2,(H,23,24,26). The molecule has 29 heavy (non-hydrogen) atoms. The minimum Gasteiger partial charge on any atom is -0.369 e. The van der Waals surface area contributed by atoms with E-state index in [1.54, 1.807) is 11.3 Å². The Hall–Kier alpha value is -2.88. The van der Waals surface area contributed by atoms with E-state index in [1.165, 1.54) is 17.2 Å². The van der Waals surface area contributed by atoms with Crippen molar-refractivity contribution in [1.82, 2.24) is 24.6 Å². The van der Waals surface area contributed by atoms with Crippen molar-refractivity contribution in [3.8, 4) is 21.6 Å². The average Bonchev–Trinajstić information content (AvgIpc) is 3.47. The van der Waals surface area contributed by atoms with Crippen LogP contribution < -0.4 is 15.5 Å². The Morgan fingerprint density at radius 3 is 2.72 bits per heavy atom. The molecule has 7 nitrogen and oxygen atoms in total. The number of pyridine rings is 2. The van der Waals surface area contributed by atoms with E-state index in [4.69, 9.17) is 0 Å². The second-order valence-electron chi connectivity index (χ2n) is 6.67. The van der Waals surface area contributed by atoms with E-state index in [0.29, 0.717) is 0 Å². The molecule has 1 saturated heterocycles. The summed E-state index contributed by atoms with van der Waals surface area (Å²) < 4.78 is 4.17. The van der Waals surface area contributed by atoms with Crippen LogP contribution in [0.5, 0.6) is 0 Å².